The van der Waals surface area contributed by atoms with E-state index in [0.717, 1.165) is 12.8 Å². The highest BCUT2D eigenvalue weighted by Crippen LogP contribution is 2.30. The Bertz CT molecular complexity index is 365. The zero-order valence-corrected chi connectivity index (χ0v) is 11.8. The first-order valence-corrected chi connectivity index (χ1v) is 6.81. The first kappa shape index (κ1) is 15.2. The lowest BCUT2D eigenvalue weighted by Crippen LogP contribution is -2.45. The molecule has 0 atom stereocenters. The third kappa shape index (κ3) is 3.91. The first-order valence-electron chi connectivity index (χ1n) is 6.81. The normalized spacial score (nSPS) is 25.3. The zero-order chi connectivity index (χ0) is 14.8. The second-order valence-electron chi connectivity index (χ2n) is 6.10. The third-order valence-electron chi connectivity index (χ3n) is 3.55. The molecule has 114 valence electrons. The molecule has 2 rings (SSSR count). The molecule has 7 heteroatoms. The summed E-state index contributed by atoms with van der Waals surface area (Å²) in [5.74, 6) is -2.56. The Hall–Kier alpha value is -1.18. The van der Waals surface area contributed by atoms with Crippen LogP contribution in [0.25, 0.3) is 0 Å². The van der Waals surface area contributed by atoms with Gasteiger partial charge in [0.05, 0.1) is 13.2 Å². The van der Waals surface area contributed by atoms with Gasteiger partial charge in [-0.05, 0) is 12.8 Å². The second-order valence-corrected chi connectivity index (χ2v) is 6.10. The highest BCUT2D eigenvalue weighted by molar-refractivity contribution is 6.28. The van der Waals surface area contributed by atoms with Crippen molar-refractivity contribution in [2.75, 3.05) is 26.3 Å². The van der Waals surface area contributed by atoms with E-state index in [4.69, 9.17) is 19.4 Å². The fourth-order valence-corrected chi connectivity index (χ4v) is 2.37. The third-order valence-corrected chi connectivity index (χ3v) is 3.55. The van der Waals surface area contributed by atoms with Crippen LogP contribution in [0.2, 0.25) is 0 Å². The summed E-state index contributed by atoms with van der Waals surface area (Å²) in [7, 11) is 0. The summed E-state index contributed by atoms with van der Waals surface area (Å²) in [5.41, 5.74) is 0.0498. The summed E-state index contributed by atoms with van der Waals surface area (Å²) >= 11 is 0. The molecule has 2 fully saturated rings. The summed E-state index contributed by atoms with van der Waals surface area (Å²) in [6.07, 6.45) is 1.29. The SMILES string of the molecule is CC1(C)COC(C2CCN(OC(=O)C(=O)O)CC2)OC1. The number of hydrogen-bond donors (Lipinski definition) is 1. The highest BCUT2D eigenvalue weighted by Gasteiger charge is 2.35. The van der Waals surface area contributed by atoms with Crippen LogP contribution < -0.4 is 0 Å². The van der Waals surface area contributed by atoms with E-state index in [0.29, 0.717) is 26.3 Å². The predicted octanol–water partition coefficient (Wildman–Crippen LogP) is 0.640. The topological polar surface area (TPSA) is 85.3 Å². The molecule has 0 bridgehead atoms. The fourth-order valence-electron chi connectivity index (χ4n) is 2.37. The van der Waals surface area contributed by atoms with Crippen LogP contribution in [0.15, 0.2) is 0 Å². The summed E-state index contributed by atoms with van der Waals surface area (Å²) < 4.78 is 11.5. The summed E-state index contributed by atoms with van der Waals surface area (Å²) in [5, 5.41) is 9.86. The molecule has 0 saturated carbocycles. The highest BCUT2D eigenvalue weighted by atomic mass is 16.7. The number of aliphatic carboxylic acids is 1. The van der Waals surface area contributed by atoms with Crippen molar-refractivity contribution in [3.8, 4) is 0 Å². The number of rotatable bonds is 2. The van der Waals surface area contributed by atoms with Crippen LogP contribution in [0.1, 0.15) is 26.7 Å². The minimum absolute atomic E-state index is 0.0498. The van der Waals surface area contributed by atoms with Crippen LogP contribution in [0.3, 0.4) is 0 Å². The molecule has 0 aromatic heterocycles. The van der Waals surface area contributed by atoms with Crippen LogP contribution in [-0.2, 0) is 23.9 Å². The minimum atomic E-state index is -1.58. The van der Waals surface area contributed by atoms with Crippen molar-refractivity contribution in [1.82, 2.24) is 5.06 Å². The van der Waals surface area contributed by atoms with E-state index in [2.05, 4.69) is 13.8 Å². The van der Waals surface area contributed by atoms with Crippen LogP contribution >= 0.6 is 0 Å². The molecule has 2 aliphatic rings. The molecule has 0 aliphatic carbocycles. The Balaban J connectivity index is 1.74. The van der Waals surface area contributed by atoms with Crippen molar-refractivity contribution >= 4 is 11.9 Å². The van der Waals surface area contributed by atoms with Crippen molar-refractivity contribution in [3.05, 3.63) is 0 Å². The summed E-state index contributed by atoms with van der Waals surface area (Å²) in [6.45, 7) is 6.53. The molecular weight excluding hydrogens is 266 g/mol. The first-order chi connectivity index (χ1) is 9.37. The van der Waals surface area contributed by atoms with Gasteiger partial charge in [-0.25, -0.2) is 9.59 Å². The average molecular weight is 287 g/mol. The molecule has 0 aromatic carbocycles. The summed E-state index contributed by atoms with van der Waals surface area (Å²) in [4.78, 5) is 26.1. The molecule has 0 amide bonds. The maximum Gasteiger partial charge on any atom is 0.436 e. The lowest BCUT2D eigenvalue weighted by atomic mass is 9.92. The number of carbonyl (C=O) groups excluding carboxylic acids is 1. The molecule has 7 nitrogen and oxygen atoms in total. The number of ether oxygens (including phenoxy) is 2. The largest absolute Gasteiger partial charge is 0.473 e. The van der Waals surface area contributed by atoms with E-state index in [1.54, 1.807) is 0 Å². The zero-order valence-electron chi connectivity index (χ0n) is 11.8. The molecule has 1 N–H and O–H groups in total. The van der Waals surface area contributed by atoms with E-state index >= 15 is 0 Å². The number of piperidine rings is 1. The monoisotopic (exact) mass is 287 g/mol. The Morgan fingerprint density at radius 3 is 2.25 bits per heavy atom. The van der Waals surface area contributed by atoms with Crippen LogP contribution in [-0.4, -0.2) is 54.7 Å². The van der Waals surface area contributed by atoms with E-state index in [-0.39, 0.29) is 17.6 Å². The Labute approximate surface area is 117 Å². The average Bonchev–Trinajstić information content (AvgIpc) is 2.39. The van der Waals surface area contributed by atoms with Crippen molar-refractivity contribution in [2.45, 2.75) is 33.0 Å². The number of hydroxylamine groups is 2. The second kappa shape index (κ2) is 6.07. The van der Waals surface area contributed by atoms with Crippen LogP contribution in [0.4, 0.5) is 0 Å². The van der Waals surface area contributed by atoms with Gasteiger partial charge < -0.3 is 19.4 Å². The lowest BCUT2D eigenvalue weighted by molar-refractivity contribution is -0.256. The predicted molar refractivity (Wildman–Crippen MR) is 67.5 cm³/mol. The molecule has 0 aromatic rings. The smallest absolute Gasteiger partial charge is 0.436 e. The molecule has 2 aliphatic heterocycles. The van der Waals surface area contributed by atoms with Gasteiger partial charge in [-0.15, -0.1) is 5.06 Å². The van der Waals surface area contributed by atoms with Crippen molar-refractivity contribution in [3.63, 3.8) is 0 Å². The van der Waals surface area contributed by atoms with Gasteiger partial charge in [0.2, 0.25) is 0 Å². The Morgan fingerprint density at radius 1 is 1.20 bits per heavy atom. The van der Waals surface area contributed by atoms with Crippen LogP contribution in [0, 0.1) is 11.3 Å². The van der Waals surface area contributed by atoms with E-state index in [1.165, 1.54) is 5.06 Å². The van der Waals surface area contributed by atoms with E-state index in [9.17, 15) is 9.59 Å². The van der Waals surface area contributed by atoms with Gasteiger partial charge in [0, 0.05) is 24.4 Å². The molecule has 2 saturated heterocycles. The van der Waals surface area contributed by atoms with Gasteiger partial charge in [0.25, 0.3) is 0 Å². The lowest BCUT2D eigenvalue weighted by Gasteiger charge is -2.40. The van der Waals surface area contributed by atoms with Gasteiger partial charge in [-0.3, -0.25) is 0 Å². The molecule has 0 unspecified atom stereocenters. The Kier molecular flexibility index (Phi) is 4.62. The van der Waals surface area contributed by atoms with Gasteiger partial charge in [0.15, 0.2) is 6.29 Å². The number of carbonyl (C=O) groups is 2. The maximum atomic E-state index is 11.0. The van der Waals surface area contributed by atoms with Crippen molar-refractivity contribution in [2.24, 2.45) is 11.3 Å². The van der Waals surface area contributed by atoms with Gasteiger partial charge in [0.1, 0.15) is 0 Å². The maximum absolute atomic E-state index is 11.0. The van der Waals surface area contributed by atoms with Gasteiger partial charge in [-0.1, -0.05) is 13.8 Å². The molecule has 0 radical (unpaired) electrons. The minimum Gasteiger partial charge on any atom is -0.473 e. The number of nitrogens with zero attached hydrogens (tertiary/aromatic N) is 1. The quantitative estimate of drug-likeness (QED) is 0.746. The van der Waals surface area contributed by atoms with Gasteiger partial charge in [-0.2, -0.15) is 0 Å². The van der Waals surface area contributed by atoms with E-state index < -0.39 is 11.9 Å². The standard InChI is InChI=1S/C13H21NO6/c1-13(2)7-18-12(19-8-13)9-3-5-14(6-4-9)20-11(17)10(15)16/h9,12H,3-8H2,1-2H3,(H,15,16). The van der Waals surface area contributed by atoms with Crippen molar-refractivity contribution in [1.29, 1.82) is 0 Å². The van der Waals surface area contributed by atoms with Gasteiger partial charge >= 0.3 is 11.9 Å². The number of carboxylic acid groups (broad SMARTS) is 1. The van der Waals surface area contributed by atoms with E-state index in [1.807, 2.05) is 0 Å². The summed E-state index contributed by atoms with van der Waals surface area (Å²) in [6, 6.07) is 0. The molecular formula is C13H21NO6. The fraction of sp³-hybridized carbons (Fsp3) is 0.846. The van der Waals surface area contributed by atoms with Crippen LogP contribution in [0.5, 0.6) is 0 Å². The Morgan fingerprint density at radius 2 is 1.75 bits per heavy atom. The molecule has 2 heterocycles. The number of carboxylic acids is 1. The molecule has 20 heavy (non-hydrogen) atoms. The van der Waals surface area contributed by atoms with Crippen molar-refractivity contribution < 1.29 is 29.0 Å². The molecule has 0 spiro atoms. The number of hydrogen-bond acceptors (Lipinski definition) is 6.